The van der Waals surface area contributed by atoms with Crippen molar-refractivity contribution in [2.45, 2.75) is 45.3 Å². The van der Waals surface area contributed by atoms with Crippen molar-refractivity contribution in [3.8, 4) is 0 Å². The number of ether oxygens (including phenoxy) is 2. The first kappa shape index (κ1) is 11.8. The zero-order valence-corrected chi connectivity index (χ0v) is 9.33. The lowest BCUT2D eigenvalue weighted by molar-refractivity contribution is -0.154. The molecule has 0 N–H and O–H groups in total. The van der Waals surface area contributed by atoms with Gasteiger partial charge in [-0.05, 0) is 33.6 Å². The predicted octanol–water partition coefficient (Wildman–Crippen LogP) is 1.59. The van der Waals surface area contributed by atoms with E-state index < -0.39 is 17.5 Å². The van der Waals surface area contributed by atoms with E-state index >= 15 is 0 Å². The largest absolute Gasteiger partial charge is 0.459 e. The van der Waals surface area contributed by atoms with Crippen LogP contribution in [0, 0.1) is 0 Å². The van der Waals surface area contributed by atoms with Gasteiger partial charge >= 0.3 is 11.9 Å². The molecule has 1 saturated carbocycles. The number of rotatable bonds is 3. The second-order valence-electron chi connectivity index (χ2n) is 4.59. The number of hydrogen-bond acceptors (Lipinski definition) is 4. The van der Waals surface area contributed by atoms with Crippen molar-refractivity contribution in [2.24, 2.45) is 0 Å². The van der Waals surface area contributed by atoms with E-state index in [1.807, 2.05) is 0 Å². The molecule has 0 aromatic rings. The van der Waals surface area contributed by atoms with E-state index in [1.165, 1.54) is 0 Å². The van der Waals surface area contributed by atoms with Crippen LogP contribution in [0.4, 0.5) is 0 Å². The minimum Gasteiger partial charge on any atom is -0.459 e. The highest BCUT2D eigenvalue weighted by Crippen LogP contribution is 2.24. The van der Waals surface area contributed by atoms with Gasteiger partial charge in [0, 0.05) is 0 Å². The quantitative estimate of drug-likeness (QED) is 0.308. The summed E-state index contributed by atoms with van der Waals surface area (Å²) in [5.41, 5.74) is -0.864. The molecule has 4 nitrogen and oxygen atoms in total. The molecule has 0 radical (unpaired) electrons. The summed E-state index contributed by atoms with van der Waals surface area (Å²) < 4.78 is 9.90. The molecule has 4 heteroatoms. The lowest BCUT2D eigenvalue weighted by Crippen LogP contribution is -2.27. The number of carbonyl (C=O) groups excluding carboxylic acids is 2. The van der Waals surface area contributed by atoms with Crippen molar-refractivity contribution < 1.29 is 19.1 Å². The van der Waals surface area contributed by atoms with E-state index in [0.29, 0.717) is 0 Å². The Kier molecular flexibility index (Phi) is 3.17. The van der Waals surface area contributed by atoms with Crippen LogP contribution in [0.3, 0.4) is 0 Å². The molecule has 1 aliphatic rings. The molecule has 0 amide bonds. The van der Waals surface area contributed by atoms with Crippen molar-refractivity contribution in [3.05, 3.63) is 12.2 Å². The highest BCUT2D eigenvalue weighted by Gasteiger charge is 2.30. The molecule has 0 aromatic carbocycles. The average Bonchev–Trinajstić information content (AvgIpc) is 2.83. The third-order valence-corrected chi connectivity index (χ3v) is 1.69. The zero-order chi connectivity index (χ0) is 11.6. The fourth-order valence-electron chi connectivity index (χ4n) is 0.831. The van der Waals surface area contributed by atoms with E-state index in [0.717, 1.165) is 12.8 Å². The van der Waals surface area contributed by atoms with Gasteiger partial charge in [-0.3, -0.25) is 0 Å². The van der Waals surface area contributed by atoms with Crippen molar-refractivity contribution in [1.29, 1.82) is 0 Å². The van der Waals surface area contributed by atoms with Gasteiger partial charge in [0.1, 0.15) is 17.3 Å². The molecule has 0 atom stereocenters. The maximum atomic E-state index is 11.4. The number of esters is 2. The molecule has 0 spiro atoms. The van der Waals surface area contributed by atoms with Crippen LogP contribution < -0.4 is 0 Å². The van der Waals surface area contributed by atoms with Gasteiger partial charge in [0.05, 0.1) is 0 Å². The van der Waals surface area contributed by atoms with Crippen LogP contribution in [0.15, 0.2) is 12.2 Å². The molecule has 0 bridgehead atoms. The Morgan fingerprint density at radius 1 is 1.20 bits per heavy atom. The Labute approximate surface area is 89.2 Å². The molecule has 0 aliphatic heterocycles. The lowest BCUT2D eigenvalue weighted by atomic mass is 10.2. The Balaban J connectivity index is 2.44. The molecule has 1 aliphatic carbocycles. The van der Waals surface area contributed by atoms with Crippen LogP contribution in [-0.2, 0) is 19.1 Å². The van der Waals surface area contributed by atoms with Gasteiger partial charge in [-0.1, -0.05) is 6.58 Å². The summed E-state index contributed by atoms with van der Waals surface area (Å²) in [6.07, 6.45) is 1.71. The van der Waals surface area contributed by atoms with E-state index in [4.69, 9.17) is 9.47 Å². The smallest absolute Gasteiger partial charge is 0.345 e. The number of carbonyl (C=O) groups is 2. The summed E-state index contributed by atoms with van der Waals surface area (Å²) in [4.78, 5) is 22.7. The Bertz CT molecular complexity index is 294. The molecule has 0 heterocycles. The van der Waals surface area contributed by atoms with Crippen LogP contribution in [0.2, 0.25) is 0 Å². The third-order valence-electron chi connectivity index (χ3n) is 1.69. The minimum atomic E-state index is -0.715. The van der Waals surface area contributed by atoms with Gasteiger partial charge in [-0.25, -0.2) is 9.59 Å². The first-order valence-corrected chi connectivity index (χ1v) is 4.93. The van der Waals surface area contributed by atoms with Crippen molar-refractivity contribution in [1.82, 2.24) is 0 Å². The molecular formula is C11H16O4. The molecular weight excluding hydrogens is 196 g/mol. The molecule has 0 aromatic heterocycles. The number of hydrogen-bond donors (Lipinski definition) is 0. The molecule has 84 valence electrons. The van der Waals surface area contributed by atoms with E-state index in [1.54, 1.807) is 20.8 Å². The third kappa shape index (κ3) is 4.14. The fourth-order valence-corrected chi connectivity index (χ4v) is 0.831. The van der Waals surface area contributed by atoms with Crippen molar-refractivity contribution in [2.75, 3.05) is 0 Å². The first-order chi connectivity index (χ1) is 6.79. The Morgan fingerprint density at radius 3 is 2.13 bits per heavy atom. The Hall–Kier alpha value is -1.32. The average molecular weight is 212 g/mol. The lowest BCUT2D eigenvalue weighted by Gasteiger charge is -2.19. The summed E-state index contributed by atoms with van der Waals surface area (Å²) >= 11 is 0. The molecule has 1 fully saturated rings. The van der Waals surface area contributed by atoms with Gasteiger partial charge in [0.2, 0.25) is 0 Å². The summed E-state index contributed by atoms with van der Waals surface area (Å²) in [5, 5.41) is 0. The van der Waals surface area contributed by atoms with Crippen LogP contribution in [0.25, 0.3) is 0 Å². The van der Waals surface area contributed by atoms with Gasteiger partial charge in [-0.15, -0.1) is 0 Å². The molecule has 0 saturated heterocycles. The standard InChI is InChI=1S/C11H16O4/c1-7(9(12)14-8-5-6-8)10(13)15-11(2,3)4/h8H,1,5-6H2,2-4H3. The first-order valence-electron chi connectivity index (χ1n) is 4.93. The van der Waals surface area contributed by atoms with Gasteiger partial charge in [-0.2, -0.15) is 0 Å². The summed E-state index contributed by atoms with van der Waals surface area (Å²) in [7, 11) is 0. The van der Waals surface area contributed by atoms with E-state index in [2.05, 4.69) is 6.58 Å². The van der Waals surface area contributed by atoms with Gasteiger partial charge in [0.25, 0.3) is 0 Å². The van der Waals surface area contributed by atoms with Gasteiger partial charge < -0.3 is 9.47 Å². The fraction of sp³-hybridized carbons (Fsp3) is 0.636. The highest BCUT2D eigenvalue weighted by molar-refractivity contribution is 6.13. The summed E-state index contributed by atoms with van der Waals surface area (Å²) in [6, 6.07) is 0. The van der Waals surface area contributed by atoms with Crippen molar-refractivity contribution in [3.63, 3.8) is 0 Å². The summed E-state index contributed by atoms with van der Waals surface area (Å²) in [6.45, 7) is 8.55. The minimum absolute atomic E-state index is 0.0308. The maximum absolute atomic E-state index is 11.4. The maximum Gasteiger partial charge on any atom is 0.345 e. The van der Waals surface area contributed by atoms with Crippen LogP contribution in [-0.4, -0.2) is 23.6 Å². The van der Waals surface area contributed by atoms with Crippen LogP contribution >= 0.6 is 0 Å². The highest BCUT2D eigenvalue weighted by atomic mass is 16.6. The predicted molar refractivity (Wildman–Crippen MR) is 54.1 cm³/mol. The SMILES string of the molecule is C=C(C(=O)OC1CC1)C(=O)OC(C)(C)C. The zero-order valence-electron chi connectivity index (χ0n) is 9.33. The monoisotopic (exact) mass is 212 g/mol. The van der Waals surface area contributed by atoms with E-state index in [-0.39, 0.29) is 11.7 Å². The molecule has 15 heavy (non-hydrogen) atoms. The molecule has 1 rings (SSSR count). The second kappa shape index (κ2) is 4.04. The Morgan fingerprint density at radius 2 is 1.73 bits per heavy atom. The van der Waals surface area contributed by atoms with E-state index in [9.17, 15) is 9.59 Å². The topological polar surface area (TPSA) is 52.6 Å². The molecule has 0 unspecified atom stereocenters. The normalized spacial score (nSPS) is 15.7. The van der Waals surface area contributed by atoms with Gasteiger partial charge in [0.15, 0.2) is 0 Å². The van der Waals surface area contributed by atoms with Crippen LogP contribution in [0.1, 0.15) is 33.6 Å². The van der Waals surface area contributed by atoms with Crippen LogP contribution in [0.5, 0.6) is 0 Å². The summed E-state index contributed by atoms with van der Waals surface area (Å²) in [5.74, 6) is -1.39. The van der Waals surface area contributed by atoms with Crippen molar-refractivity contribution >= 4 is 11.9 Å². The second-order valence-corrected chi connectivity index (χ2v) is 4.59.